The number of isocyanates is 1. The van der Waals surface area contributed by atoms with Crippen LogP contribution >= 0.6 is 0 Å². The van der Waals surface area contributed by atoms with E-state index >= 15 is 0 Å². The first-order valence-electron chi connectivity index (χ1n) is 6.47. The summed E-state index contributed by atoms with van der Waals surface area (Å²) >= 11 is 0. The Kier molecular flexibility index (Phi) is 3.55. The van der Waals surface area contributed by atoms with Gasteiger partial charge in [-0.3, -0.25) is 0 Å². The van der Waals surface area contributed by atoms with Gasteiger partial charge >= 0.3 is 0 Å². The molecule has 0 N–H and O–H groups in total. The zero-order valence-electron chi connectivity index (χ0n) is 11.2. The number of rotatable bonds is 3. The van der Waals surface area contributed by atoms with Crippen molar-refractivity contribution in [1.29, 1.82) is 0 Å². The van der Waals surface area contributed by atoms with Crippen LogP contribution in [0.4, 0.5) is 8.78 Å². The molecule has 1 aromatic rings. The Balaban J connectivity index is 2.57. The van der Waals surface area contributed by atoms with Crippen LogP contribution in [0.1, 0.15) is 50.7 Å². The van der Waals surface area contributed by atoms with Gasteiger partial charge < -0.3 is 0 Å². The molecule has 19 heavy (non-hydrogen) atoms. The molecule has 0 spiro atoms. The summed E-state index contributed by atoms with van der Waals surface area (Å²) < 4.78 is 28.1. The highest BCUT2D eigenvalue weighted by Gasteiger charge is 2.38. The molecule has 0 saturated heterocycles. The second-order valence-corrected chi connectivity index (χ2v) is 5.61. The van der Waals surface area contributed by atoms with Gasteiger partial charge in [-0.1, -0.05) is 18.9 Å². The normalized spacial score (nSPS) is 18.1. The average Bonchev–Trinajstić information content (AvgIpc) is 2.78. The van der Waals surface area contributed by atoms with Crippen molar-refractivity contribution in [3.05, 3.63) is 35.1 Å². The molecule has 0 radical (unpaired) electrons. The molecule has 0 unspecified atom stereocenters. The van der Waals surface area contributed by atoms with Gasteiger partial charge in [0.2, 0.25) is 6.08 Å². The van der Waals surface area contributed by atoms with E-state index in [4.69, 9.17) is 0 Å². The second kappa shape index (κ2) is 4.86. The van der Waals surface area contributed by atoms with Gasteiger partial charge in [0.1, 0.15) is 17.0 Å². The molecule has 0 aromatic heterocycles. The Hall–Kier alpha value is -1.54. The third kappa shape index (κ3) is 2.59. The molecule has 1 aromatic carbocycles. The fourth-order valence-corrected chi connectivity index (χ4v) is 2.74. The van der Waals surface area contributed by atoms with Crippen LogP contribution < -0.4 is 0 Å². The van der Waals surface area contributed by atoms with Gasteiger partial charge in [-0.15, -0.1) is 0 Å². The molecule has 2 rings (SSSR count). The summed E-state index contributed by atoms with van der Waals surface area (Å²) in [5.74, 6) is -0.436. The fraction of sp³-hybridized carbons (Fsp3) is 0.533. The van der Waals surface area contributed by atoms with Crippen molar-refractivity contribution in [3.63, 3.8) is 0 Å². The number of benzene rings is 1. The second-order valence-electron chi connectivity index (χ2n) is 5.61. The minimum atomic E-state index is -1.55. The molecular formula is C15H17F2NO. The first-order valence-corrected chi connectivity index (χ1v) is 6.47. The van der Waals surface area contributed by atoms with E-state index in [-0.39, 0.29) is 0 Å². The van der Waals surface area contributed by atoms with Crippen LogP contribution in [0.25, 0.3) is 0 Å². The summed E-state index contributed by atoms with van der Waals surface area (Å²) in [4.78, 5) is 14.5. The molecule has 4 heteroatoms. The van der Waals surface area contributed by atoms with Crippen molar-refractivity contribution in [2.75, 3.05) is 0 Å². The van der Waals surface area contributed by atoms with Crippen LogP contribution in [-0.2, 0) is 16.0 Å². The third-order valence-electron chi connectivity index (χ3n) is 3.84. The predicted molar refractivity (Wildman–Crippen MR) is 68.8 cm³/mol. The molecular weight excluding hydrogens is 248 g/mol. The molecule has 1 aliphatic carbocycles. The topological polar surface area (TPSA) is 29.4 Å². The summed E-state index contributed by atoms with van der Waals surface area (Å²) in [6, 6.07) is 4.19. The lowest BCUT2D eigenvalue weighted by atomic mass is 9.85. The Morgan fingerprint density at radius 3 is 2.47 bits per heavy atom. The summed E-state index contributed by atoms with van der Waals surface area (Å²) in [7, 11) is 0. The van der Waals surface area contributed by atoms with E-state index in [0.717, 1.165) is 12.8 Å². The smallest absolute Gasteiger partial charge is 0.235 e. The van der Waals surface area contributed by atoms with Gasteiger partial charge in [0.15, 0.2) is 0 Å². The highest BCUT2D eigenvalue weighted by Crippen LogP contribution is 2.44. The van der Waals surface area contributed by atoms with E-state index < -0.39 is 17.0 Å². The minimum Gasteiger partial charge on any atom is -0.239 e. The molecule has 0 atom stereocenters. The zero-order chi connectivity index (χ0) is 14.1. The van der Waals surface area contributed by atoms with Crippen LogP contribution in [0.15, 0.2) is 23.2 Å². The van der Waals surface area contributed by atoms with E-state index in [1.165, 1.54) is 32.0 Å². The van der Waals surface area contributed by atoms with E-state index in [2.05, 4.69) is 4.99 Å². The number of nitrogens with zero attached hydrogens (tertiary/aromatic N) is 1. The van der Waals surface area contributed by atoms with Gasteiger partial charge in [0, 0.05) is 5.56 Å². The van der Waals surface area contributed by atoms with Crippen molar-refractivity contribution < 1.29 is 13.6 Å². The summed E-state index contributed by atoms with van der Waals surface area (Å²) in [6.07, 6.45) is 4.53. The Bertz CT molecular complexity index is 521. The van der Waals surface area contributed by atoms with Gasteiger partial charge in [0.05, 0.1) is 0 Å². The molecule has 0 heterocycles. The Labute approximate surface area is 111 Å². The third-order valence-corrected chi connectivity index (χ3v) is 3.84. The van der Waals surface area contributed by atoms with Crippen molar-refractivity contribution in [1.82, 2.24) is 0 Å². The van der Waals surface area contributed by atoms with Crippen molar-refractivity contribution in [2.45, 2.75) is 50.7 Å². The standard InChI is InChI=1S/C15H17F2NO/c1-14(2,17)11-5-6-13(16)12(9-11)15(18-10-19)7-3-4-8-15/h5-6,9H,3-4,7-8H2,1-2H3. The van der Waals surface area contributed by atoms with Crippen molar-refractivity contribution in [2.24, 2.45) is 4.99 Å². The lowest BCUT2D eigenvalue weighted by molar-refractivity contribution is 0.220. The maximum absolute atomic E-state index is 14.1. The highest BCUT2D eigenvalue weighted by atomic mass is 19.1. The first kappa shape index (κ1) is 13.9. The largest absolute Gasteiger partial charge is 0.239 e. The number of alkyl halides is 1. The first-order chi connectivity index (χ1) is 8.89. The van der Waals surface area contributed by atoms with Gasteiger partial charge in [-0.25, -0.2) is 13.6 Å². The van der Waals surface area contributed by atoms with Gasteiger partial charge in [-0.05, 0) is 44.4 Å². The molecule has 102 valence electrons. The van der Waals surface area contributed by atoms with E-state index in [1.54, 1.807) is 6.08 Å². The van der Waals surface area contributed by atoms with Gasteiger partial charge in [0.25, 0.3) is 0 Å². The van der Waals surface area contributed by atoms with Crippen LogP contribution in [0.3, 0.4) is 0 Å². The monoisotopic (exact) mass is 265 g/mol. The van der Waals surface area contributed by atoms with E-state index in [0.29, 0.717) is 24.0 Å². The number of carbonyl (C=O) groups excluding carboxylic acids is 1. The van der Waals surface area contributed by atoms with E-state index in [9.17, 15) is 13.6 Å². The maximum atomic E-state index is 14.1. The quantitative estimate of drug-likeness (QED) is 0.596. The number of aliphatic imine (C=N–C) groups is 1. The van der Waals surface area contributed by atoms with Crippen LogP contribution in [-0.4, -0.2) is 6.08 Å². The lowest BCUT2D eigenvalue weighted by Gasteiger charge is -2.25. The minimum absolute atomic E-state index is 0.316. The van der Waals surface area contributed by atoms with Gasteiger partial charge in [-0.2, -0.15) is 4.99 Å². The Morgan fingerprint density at radius 2 is 1.95 bits per heavy atom. The fourth-order valence-electron chi connectivity index (χ4n) is 2.74. The summed E-state index contributed by atoms with van der Waals surface area (Å²) in [6.45, 7) is 2.85. The highest BCUT2D eigenvalue weighted by molar-refractivity contribution is 5.41. The van der Waals surface area contributed by atoms with Crippen LogP contribution in [0.5, 0.6) is 0 Å². The van der Waals surface area contributed by atoms with E-state index in [1.807, 2.05) is 0 Å². The number of halogens is 2. The molecule has 1 saturated carbocycles. The SMILES string of the molecule is CC(C)(F)c1ccc(F)c(C2(N=C=O)CCCC2)c1. The maximum Gasteiger partial charge on any atom is 0.235 e. The average molecular weight is 265 g/mol. The number of hydrogen-bond acceptors (Lipinski definition) is 2. The summed E-state index contributed by atoms with van der Waals surface area (Å²) in [5, 5.41) is 0. The summed E-state index contributed by atoms with van der Waals surface area (Å²) in [5.41, 5.74) is -1.69. The molecule has 0 bridgehead atoms. The van der Waals surface area contributed by atoms with Crippen molar-refractivity contribution in [3.8, 4) is 0 Å². The molecule has 0 amide bonds. The van der Waals surface area contributed by atoms with Crippen LogP contribution in [0.2, 0.25) is 0 Å². The zero-order valence-corrected chi connectivity index (χ0v) is 11.2. The molecule has 0 aliphatic heterocycles. The lowest BCUT2D eigenvalue weighted by Crippen LogP contribution is -2.22. The molecule has 1 aliphatic rings. The predicted octanol–water partition coefficient (Wildman–Crippen LogP) is 4.14. The Morgan fingerprint density at radius 1 is 1.32 bits per heavy atom. The molecule has 1 fully saturated rings. The van der Waals surface area contributed by atoms with Crippen LogP contribution in [0, 0.1) is 5.82 Å². The van der Waals surface area contributed by atoms with Crippen molar-refractivity contribution >= 4 is 6.08 Å². The molecule has 2 nitrogen and oxygen atoms in total. The number of hydrogen-bond donors (Lipinski definition) is 0.